The first-order valence-corrected chi connectivity index (χ1v) is 13.1. The summed E-state index contributed by atoms with van der Waals surface area (Å²) in [6.45, 7) is 5.91. The lowest BCUT2D eigenvalue weighted by molar-refractivity contribution is 0.0595. The zero-order valence-electron chi connectivity index (χ0n) is 18.6. The molecule has 11 heteroatoms. The van der Waals surface area contributed by atoms with Gasteiger partial charge in [0.1, 0.15) is 9.90 Å². The van der Waals surface area contributed by atoms with Crippen LogP contribution in [0.2, 0.25) is 0 Å². The standard InChI is InChI=1S/C21H28N4O5S2/c1-4-25-16(12-14(2)22-25)19(26)23-11-8-15-17(13-23)31-21(18(15)20(27)30-3)32(28,29)24-9-6-5-7-10-24/h12H,4-11,13H2,1-3H3. The van der Waals surface area contributed by atoms with E-state index in [1.54, 1.807) is 15.6 Å². The second-order valence-corrected chi connectivity index (χ2v) is 11.3. The number of hydrogen-bond acceptors (Lipinski definition) is 7. The summed E-state index contributed by atoms with van der Waals surface area (Å²) in [5.41, 5.74) is 2.10. The molecule has 0 unspecified atom stereocenters. The Morgan fingerprint density at radius 1 is 1.19 bits per heavy atom. The van der Waals surface area contributed by atoms with E-state index in [-0.39, 0.29) is 22.2 Å². The van der Waals surface area contributed by atoms with Crippen molar-refractivity contribution < 1.29 is 22.7 Å². The van der Waals surface area contributed by atoms with E-state index in [9.17, 15) is 18.0 Å². The minimum absolute atomic E-state index is 0.0417. The van der Waals surface area contributed by atoms with Crippen LogP contribution in [0.1, 0.15) is 63.2 Å². The topological polar surface area (TPSA) is 102 Å². The molecule has 32 heavy (non-hydrogen) atoms. The fourth-order valence-corrected chi connectivity index (χ4v) is 7.94. The van der Waals surface area contributed by atoms with Crippen molar-refractivity contribution in [3.8, 4) is 0 Å². The Labute approximate surface area is 192 Å². The maximum absolute atomic E-state index is 13.4. The Morgan fingerprint density at radius 2 is 1.91 bits per heavy atom. The summed E-state index contributed by atoms with van der Waals surface area (Å²) in [7, 11) is -2.55. The Balaban J connectivity index is 1.70. The van der Waals surface area contributed by atoms with E-state index in [1.165, 1.54) is 11.4 Å². The number of fused-ring (bicyclic) bond motifs is 1. The number of amides is 1. The molecule has 0 aliphatic carbocycles. The Kier molecular flexibility index (Phi) is 6.42. The number of sulfonamides is 1. The van der Waals surface area contributed by atoms with Crippen LogP contribution >= 0.6 is 11.3 Å². The van der Waals surface area contributed by atoms with Gasteiger partial charge in [-0.1, -0.05) is 6.42 Å². The van der Waals surface area contributed by atoms with Crippen LogP contribution in [0.15, 0.2) is 10.3 Å². The second-order valence-electron chi connectivity index (χ2n) is 8.09. The number of ether oxygens (including phenoxy) is 1. The molecule has 1 amide bonds. The van der Waals surface area contributed by atoms with Gasteiger partial charge in [-0.2, -0.15) is 9.40 Å². The molecule has 1 fully saturated rings. The Bertz CT molecular complexity index is 1150. The van der Waals surface area contributed by atoms with Crippen LogP contribution < -0.4 is 0 Å². The maximum Gasteiger partial charge on any atom is 0.340 e. The van der Waals surface area contributed by atoms with Gasteiger partial charge in [-0.3, -0.25) is 9.48 Å². The third-order valence-electron chi connectivity index (χ3n) is 6.01. The van der Waals surface area contributed by atoms with E-state index in [0.29, 0.717) is 43.9 Å². The number of carbonyl (C=O) groups excluding carboxylic acids is 2. The largest absolute Gasteiger partial charge is 0.465 e. The van der Waals surface area contributed by atoms with E-state index < -0.39 is 16.0 Å². The lowest BCUT2D eigenvalue weighted by Crippen LogP contribution is -2.37. The Hall–Kier alpha value is -2.24. The summed E-state index contributed by atoms with van der Waals surface area (Å²) >= 11 is 1.09. The van der Waals surface area contributed by atoms with Crippen molar-refractivity contribution in [1.29, 1.82) is 0 Å². The van der Waals surface area contributed by atoms with Crippen molar-refractivity contribution in [1.82, 2.24) is 19.0 Å². The van der Waals surface area contributed by atoms with E-state index in [1.807, 2.05) is 13.8 Å². The van der Waals surface area contributed by atoms with Crippen LogP contribution in [0.4, 0.5) is 0 Å². The van der Waals surface area contributed by atoms with Crippen LogP contribution in [-0.2, 0) is 34.3 Å². The van der Waals surface area contributed by atoms with Gasteiger partial charge in [-0.15, -0.1) is 11.3 Å². The number of thiophene rings is 1. The number of piperidine rings is 1. The molecule has 0 N–H and O–H groups in total. The van der Waals surface area contributed by atoms with Gasteiger partial charge in [-0.25, -0.2) is 13.2 Å². The average molecular weight is 481 g/mol. The molecule has 0 radical (unpaired) electrons. The minimum atomic E-state index is -3.81. The fraction of sp³-hybridized carbons (Fsp3) is 0.571. The number of carbonyl (C=O) groups is 2. The number of rotatable bonds is 5. The molecule has 174 valence electrons. The van der Waals surface area contributed by atoms with E-state index in [4.69, 9.17) is 4.74 Å². The lowest BCUT2D eigenvalue weighted by Gasteiger charge is -2.27. The molecule has 0 atom stereocenters. The van der Waals surface area contributed by atoms with Crippen molar-refractivity contribution in [3.05, 3.63) is 33.5 Å². The molecule has 4 rings (SSSR count). The summed E-state index contributed by atoms with van der Waals surface area (Å²) in [6, 6.07) is 1.77. The van der Waals surface area contributed by atoms with Crippen LogP contribution in [0, 0.1) is 6.92 Å². The highest BCUT2D eigenvalue weighted by Gasteiger charge is 2.38. The highest BCUT2D eigenvalue weighted by molar-refractivity contribution is 7.91. The van der Waals surface area contributed by atoms with Gasteiger partial charge in [0.2, 0.25) is 0 Å². The summed E-state index contributed by atoms with van der Waals surface area (Å²) in [5.74, 6) is -0.788. The molecule has 2 aliphatic heterocycles. The highest BCUT2D eigenvalue weighted by Crippen LogP contribution is 2.39. The number of esters is 1. The van der Waals surface area contributed by atoms with Crippen LogP contribution in [0.3, 0.4) is 0 Å². The zero-order valence-corrected chi connectivity index (χ0v) is 20.2. The van der Waals surface area contributed by atoms with Crippen LogP contribution in [0.5, 0.6) is 0 Å². The zero-order chi connectivity index (χ0) is 23.0. The molecule has 4 heterocycles. The average Bonchev–Trinajstić information content (AvgIpc) is 3.38. The van der Waals surface area contributed by atoms with Crippen molar-refractivity contribution in [2.45, 2.75) is 56.8 Å². The van der Waals surface area contributed by atoms with E-state index in [2.05, 4.69) is 5.10 Å². The van der Waals surface area contributed by atoms with Crippen molar-refractivity contribution in [2.24, 2.45) is 0 Å². The second kappa shape index (κ2) is 8.95. The first-order valence-electron chi connectivity index (χ1n) is 10.8. The van der Waals surface area contributed by atoms with Crippen LogP contribution in [-0.4, -0.2) is 66.0 Å². The van der Waals surface area contributed by atoms with Gasteiger partial charge in [0.15, 0.2) is 0 Å². The number of methoxy groups -OCH3 is 1. The van der Waals surface area contributed by atoms with Gasteiger partial charge in [0.25, 0.3) is 15.9 Å². The van der Waals surface area contributed by atoms with E-state index >= 15 is 0 Å². The predicted molar refractivity (Wildman–Crippen MR) is 119 cm³/mol. The number of aryl methyl sites for hydroxylation is 2. The van der Waals surface area contributed by atoms with Crippen molar-refractivity contribution in [2.75, 3.05) is 26.7 Å². The molecular formula is C21H28N4O5S2. The molecule has 2 aliphatic rings. The monoisotopic (exact) mass is 480 g/mol. The quantitative estimate of drug-likeness (QED) is 0.609. The number of hydrogen-bond donors (Lipinski definition) is 0. The van der Waals surface area contributed by atoms with Crippen LogP contribution in [0.25, 0.3) is 0 Å². The molecule has 0 aromatic carbocycles. The van der Waals surface area contributed by atoms with Gasteiger partial charge >= 0.3 is 5.97 Å². The van der Waals surface area contributed by atoms with Gasteiger partial charge in [-0.05, 0) is 44.7 Å². The summed E-state index contributed by atoms with van der Waals surface area (Å²) in [4.78, 5) is 28.2. The van der Waals surface area contributed by atoms with Gasteiger partial charge in [0.05, 0.1) is 24.9 Å². The van der Waals surface area contributed by atoms with Crippen molar-refractivity contribution >= 4 is 33.2 Å². The fourth-order valence-electron chi connectivity index (χ4n) is 4.39. The molecule has 0 saturated carbocycles. The third kappa shape index (κ3) is 3.97. The lowest BCUT2D eigenvalue weighted by atomic mass is 10.0. The minimum Gasteiger partial charge on any atom is -0.465 e. The maximum atomic E-state index is 13.4. The molecule has 1 saturated heterocycles. The number of aromatic nitrogens is 2. The van der Waals surface area contributed by atoms with Crippen molar-refractivity contribution in [3.63, 3.8) is 0 Å². The third-order valence-corrected chi connectivity index (χ3v) is 9.62. The first-order chi connectivity index (χ1) is 15.3. The van der Waals surface area contributed by atoms with Gasteiger partial charge < -0.3 is 9.64 Å². The predicted octanol–water partition coefficient (Wildman–Crippen LogP) is 2.43. The molecule has 2 aromatic heterocycles. The van der Waals surface area contributed by atoms with Gasteiger partial charge in [0, 0.05) is 31.1 Å². The highest BCUT2D eigenvalue weighted by atomic mass is 32.2. The molecule has 2 aromatic rings. The Morgan fingerprint density at radius 3 is 2.56 bits per heavy atom. The summed E-state index contributed by atoms with van der Waals surface area (Å²) in [5, 5.41) is 4.35. The molecule has 0 spiro atoms. The summed E-state index contributed by atoms with van der Waals surface area (Å²) < 4.78 is 34.9. The SMILES string of the molecule is CCn1nc(C)cc1C(=O)N1CCc2c(sc(S(=O)(=O)N3CCCCC3)c2C(=O)OC)C1. The molecular weight excluding hydrogens is 452 g/mol. The molecule has 9 nitrogen and oxygen atoms in total. The molecule has 0 bridgehead atoms. The first kappa shape index (κ1) is 22.9. The number of nitrogens with zero attached hydrogens (tertiary/aromatic N) is 4. The summed E-state index contributed by atoms with van der Waals surface area (Å²) in [6.07, 6.45) is 3.02. The smallest absolute Gasteiger partial charge is 0.340 e. The normalized spacial score (nSPS) is 17.3. The van der Waals surface area contributed by atoms with E-state index in [0.717, 1.165) is 41.2 Å².